The number of amides is 1. The summed E-state index contributed by atoms with van der Waals surface area (Å²) in [5.41, 5.74) is 0.814. The lowest BCUT2D eigenvalue weighted by Crippen LogP contribution is -2.39. The van der Waals surface area contributed by atoms with Crippen molar-refractivity contribution in [2.45, 2.75) is 13.8 Å². The highest BCUT2D eigenvalue weighted by Gasteiger charge is 2.16. The Morgan fingerprint density at radius 3 is 2.08 bits per heavy atom. The number of carbonyl (C=O) groups is 1. The van der Waals surface area contributed by atoms with Crippen molar-refractivity contribution in [1.29, 1.82) is 0 Å². The largest absolute Gasteiger partial charge is 0.494 e. The number of nitrogens with zero attached hydrogens (tertiary/aromatic N) is 2. The first-order valence-corrected chi connectivity index (χ1v) is 11.4. The molecular formula is C27H27N3O6. The molecule has 0 saturated carbocycles. The fourth-order valence-electron chi connectivity index (χ4n) is 3.73. The Morgan fingerprint density at radius 1 is 0.833 bits per heavy atom. The Kier molecular flexibility index (Phi) is 7.10. The summed E-state index contributed by atoms with van der Waals surface area (Å²) < 4.78 is 19.7. The minimum Gasteiger partial charge on any atom is -0.494 e. The van der Waals surface area contributed by atoms with Crippen LogP contribution in [0, 0.1) is 6.92 Å². The number of carbonyl (C=O) groups excluding carboxylic acids is 1. The van der Waals surface area contributed by atoms with E-state index in [4.69, 9.17) is 14.2 Å². The number of hydrogen-bond acceptors (Lipinski definition) is 6. The van der Waals surface area contributed by atoms with Crippen molar-refractivity contribution in [3.63, 3.8) is 0 Å². The van der Waals surface area contributed by atoms with Crippen LogP contribution in [0.25, 0.3) is 11.0 Å². The van der Waals surface area contributed by atoms with Crippen LogP contribution in [0.1, 0.15) is 12.5 Å². The van der Waals surface area contributed by atoms with Gasteiger partial charge in [0.25, 0.3) is 5.91 Å². The van der Waals surface area contributed by atoms with Gasteiger partial charge in [-0.05, 0) is 55.8 Å². The fourth-order valence-corrected chi connectivity index (χ4v) is 3.73. The summed E-state index contributed by atoms with van der Waals surface area (Å²) in [6, 6.07) is 17.6. The number of benzene rings is 3. The molecule has 0 aliphatic carbocycles. The summed E-state index contributed by atoms with van der Waals surface area (Å²) in [5.74, 6) is 1.69. The molecule has 4 rings (SSSR count). The van der Waals surface area contributed by atoms with E-state index in [2.05, 4.69) is 5.32 Å². The van der Waals surface area contributed by atoms with Crippen molar-refractivity contribution in [1.82, 2.24) is 9.13 Å². The molecule has 1 heterocycles. The highest BCUT2D eigenvalue weighted by molar-refractivity contribution is 5.96. The van der Waals surface area contributed by atoms with E-state index in [-0.39, 0.29) is 6.61 Å². The van der Waals surface area contributed by atoms with Gasteiger partial charge in [-0.1, -0.05) is 18.2 Å². The van der Waals surface area contributed by atoms with Crippen LogP contribution in [0.4, 0.5) is 5.69 Å². The molecule has 0 radical (unpaired) electrons. The zero-order valence-corrected chi connectivity index (χ0v) is 20.5. The monoisotopic (exact) mass is 489 g/mol. The third-order valence-electron chi connectivity index (χ3n) is 5.68. The Morgan fingerprint density at radius 2 is 1.44 bits per heavy atom. The van der Waals surface area contributed by atoms with Gasteiger partial charge in [0.15, 0.2) is 12.4 Å². The minimum atomic E-state index is -0.676. The van der Waals surface area contributed by atoms with E-state index >= 15 is 0 Å². The van der Waals surface area contributed by atoms with Crippen molar-refractivity contribution < 1.29 is 19.0 Å². The van der Waals surface area contributed by atoms with Gasteiger partial charge in [0.2, 0.25) is 0 Å². The summed E-state index contributed by atoms with van der Waals surface area (Å²) in [4.78, 5) is 37.5. The summed E-state index contributed by atoms with van der Waals surface area (Å²) in [6.07, 6.45) is 0. The quantitative estimate of drug-likeness (QED) is 0.378. The zero-order valence-electron chi connectivity index (χ0n) is 20.5. The fraction of sp³-hybridized carbons (Fsp3) is 0.222. The third-order valence-corrected chi connectivity index (χ3v) is 5.68. The van der Waals surface area contributed by atoms with E-state index in [1.54, 1.807) is 42.5 Å². The second-order valence-corrected chi connectivity index (χ2v) is 8.17. The van der Waals surface area contributed by atoms with Gasteiger partial charge in [0, 0.05) is 20.2 Å². The maximum Gasteiger partial charge on any atom is 0.316 e. The average molecular weight is 490 g/mol. The minimum absolute atomic E-state index is 0.225. The normalized spacial score (nSPS) is 10.8. The molecule has 0 unspecified atom stereocenters. The van der Waals surface area contributed by atoms with Gasteiger partial charge in [-0.2, -0.15) is 0 Å². The van der Waals surface area contributed by atoms with Crippen LogP contribution in [0.3, 0.4) is 0 Å². The second-order valence-electron chi connectivity index (χ2n) is 8.17. The summed E-state index contributed by atoms with van der Waals surface area (Å²) >= 11 is 0. The molecule has 0 aliphatic heterocycles. The first-order valence-electron chi connectivity index (χ1n) is 11.4. The average Bonchev–Trinajstić information content (AvgIpc) is 2.87. The highest BCUT2D eigenvalue weighted by atomic mass is 16.5. The summed E-state index contributed by atoms with van der Waals surface area (Å²) in [5, 5.41) is 2.81. The van der Waals surface area contributed by atoms with Gasteiger partial charge in [-0.3, -0.25) is 14.4 Å². The molecule has 9 heteroatoms. The van der Waals surface area contributed by atoms with Gasteiger partial charge >= 0.3 is 11.1 Å². The molecule has 186 valence electrons. The van der Waals surface area contributed by atoms with Gasteiger partial charge in [0.05, 0.1) is 23.3 Å². The molecule has 0 atom stereocenters. The SMILES string of the molecule is CCOc1ccc(Oc2cc3c(cc2NC(=O)COc2ccccc2C)n(C)c(=O)c(=O)n3C)cc1. The van der Waals surface area contributed by atoms with E-state index in [0.717, 1.165) is 5.56 Å². The van der Waals surface area contributed by atoms with Crippen molar-refractivity contribution in [2.24, 2.45) is 14.1 Å². The summed E-state index contributed by atoms with van der Waals surface area (Å²) in [6.45, 7) is 4.11. The van der Waals surface area contributed by atoms with Gasteiger partial charge < -0.3 is 28.7 Å². The molecular weight excluding hydrogens is 462 g/mol. The number of aryl methyl sites for hydroxylation is 3. The molecule has 1 N–H and O–H groups in total. The lowest BCUT2D eigenvalue weighted by molar-refractivity contribution is -0.118. The van der Waals surface area contributed by atoms with Crippen molar-refractivity contribution in [3.05, 3.63) is 86.9 Å². The first-order chi connectivity index (χ1) is 17.3. The molecule has 4 aromatic rings. The lowest BCUT2D eigenvalue weighted by atomic mass is 10.2. The summed E-state index contributed by atoms with van der Waals surface area (Å²) in [7, 11) is 3.02. The van der Waals surface area contributed by atoms with E-state index in [1.807, 2.05) is 32.0 Å². The van der Waals surface area contributed by atoms with E-state index < -0.39 is 17.0 Å². The molecule has 1 amide bonds. The first kappa shape index (κ1) is 24.6. The predicted octanol–water partition coefficient (Wildman–Crippen LogP) is 3.75. The highest BCUT2D eigenvalue weighted by Crippen LogP contribution is 2.34. The van der Waals surface area contributed by atoms with Gasteiger partial charge in [-0.25, -0.2) is 0 Å². The lowest BCUT2D eigenvalue weighted by Gasteiger charge is -2.17. The number of aromatic nitrogens is 2. The topological polar surface area (TPSA) is 101 Å². The standard InChI is InChI=1S/C27H27N3O6/c1-5-34-18-10-12-19(13-11-18)36-24-15-22-21(29(3)26(32)27(33)30(22)4)14-20(24)28-25(31)16-35-23-9-7-6-8-17(23)2/h6-15H,5,16H2,1-4H3,(H,28,31). The molecule has 36 heavy (non-hydrogen) atoms. The molecule has 1 aromatic heterocycles. The van der Waals surface area contributed by atoms with Crippen LogP contribution in [-0.2, 0) is 18.9 Å². The molecule has 9 nitrogen and oxygen atoms in total. The van der Waals surface area contributed by atoms with Crippen LogP contribution < -0.4 is 30.6 Å². The van der Waals surface area contributed by atoms with Crippen LogP contribution in [-0.4, -0.2) is 28.3 Å². The number of rotatable bonds is 8. The number of fused-ring (bicyclic) bond motifs is 1. The van der Waals surface area contributed by atoms with Crippen molar-refractivity contribution >= 4 is 22.6 Å². The third kappa shape index (κ3) is 5.10. The Balaban J connectivity index is 1.70. The zero-order chi connectivity index (χ0) is 25.8. The second kappa shape index (κ2) is 10.4. The molecule has 0 fully saturated rings. The van der Waals surface area contributed by atoms with E-state index in [1.165, 1.54) is 23.2 Å². The van der Waals surface area contributed by atoms with E-state index in [9.17, 15) is 14.4 Å². The van der Waals surface area contributed by atoms with Crippen molar-refractivity contribution in [3.8, 4) is 23.0 Å². The maximum atomic E-state index is 12.8. The van der Waals surface area contributed by atoms with Crippen LogP contribution in [0.15, 0.2) is 70.3 Å². The number of hydrogen-bond donors (Lipinski definition) is 1. The maximum absolute atomic E-state index is 12.8. The number of anilines is 1. The Hall–Kier alpha value is -4.53. The van der Waals surface area contributed by atoms with Crippen LogP contribution in [0.2, 0.25) is 0 Å². The molecule has 0 saturated heterocycles. The van der Waals surface area contributed by atoms with E-state index in [0.29, 0.717) is 46.3 Å². The molecule has 0 bridgehead atoms. The predicted molar refractivity (Wildman–Crippen MR) is 137 cm³/mol. The van der Waals surface area contributed by atoms with Crippen LogP contribution in [0.5, 0.6) is 23.0 Å². The molecule has 3 aromatic carbocycles. The number of nitrogens with one attached hydrogen (secondary N) is 1. The smallest absolute Gasteiger partial charge is 0.316 e. The van der Waals surface area contributed by atoms with Gasteiger partial charge in [-0.15, -0.1) is 0 Å². The van der Waals surface area contributed by atoms with Crippen LogP contribution >= 0.6 is 0 Å². The Labute approximate surface area is 207 Å². The van der Waals surface area contributed by atoms with Gasteiger partial charge in [0.1, 0.15) is 17.2 Å². The van der Waals surface area contributed by atoms with Crippen molar-refractivity contribution in [2.75, 3.05) is 18.5 Å². The number of ether oxygens (including phenoxy) is 3. The molecule has 0 aliphatic rings. The Bertz CT molecular complexity index is 1540. The number of para-hydroxylation sites is 1. The molecule has 0 spiro atoms.